The van der Waals surface area contributed by atoms with E-state index < -0.39 is 6.85 Å². The molecule has 0 radical (unpaired) electrons. The van der Waals surface area contributed by atoms with Crippen LogP contribution in [-0.2, 0) is 0 Å². The number of fused-ring (bicyclic) bond motifs is 6. The zero-order valence-electron chi connectivity index (χ0n) is 20.5. The summed E-state index contributed by atoms with van der Waals surface area (Å²) in [6, 6.07) is 29.7. The summed E-state index contributed by atoms with van der Waals surface area (Å²) < 4.78 is 35.5. The van der Waals surface area contributed by atoms with E-state index in [-0.39, 0.29) is 5.56 Å². The van der Waals surface area contributed by atoms with Crippen LogP contribution in [0.25, 0.3) is 66.3 Å². The van der Waals surface area contributed by atoms with Gasteiger partial charge >= 0.3 is 0 Å². The molecule has 3 heteroatoms. The minimum Gasteiger partial charge on any atom is -0.456 e. The number of nitrogens with zero attached hydrogens (tertiary/aromatic N) is 1. The number of hydrogen-bond acceptors (Lipinski definition) is 3. The average Bonchev–Trinajstić information content (AvgIpc) is 3.46. The maximum absolute atomic E-state index is 7.61. The van der Waals surface area contributed by atoms with Crippen LogP contribution in [0.1, 0.15) is 9.68 Å². The molecule has 0 saturated carbocycles. The monoisotopic (exact) mass is 428 g/mol. The van der Waals surface area contributed by atoms with Crippen LogP contribution in [0.5, 0.6) is 0 Å². The van der Waals surface area contributed by atoms with Crippen molar-refractivity contribution in [3.8, 4) is 22.4 Å². The molecule has 0 N–H and O–H groups in total. The Balaban J connectivity index is 1.41. The number of para-hydroxylation sites is 3. The third kappa shape index (κ3) is 2.72. The predicted octanol–water partition coefficient (Wildman–Crippen LogP) is 8.52. The number of aromatic nitrogens is 1. The molecule has 0 fully saturated rings. The highest BCUT2D eigenvalue weighted by Crippen LogP contribution is 2.40. The average molecular weight is 429 g/mol. The van der Waals surface area contributed by atoms with Gasteiger partial charge in [-0.2, -0.15) is 0 Å². The van der Waals surface area contributed by atoms with E-state index >= 15 is 0 Å². The number of aryl methyl sites for hydroxylation is 1. The van der Waals surface area contributed by atoms with Gasteiger partial charge in [0.2, 0.25) is 0 Å². The van der Waals surface area contributed by atoms with Crippen LogP contribution < -0.4 is 0 Å². The minimum atomic E-state index is -2.19. The molecule has 156 valence electrons. The second kappa shape index (κ2) is 6.81. The first-order valence-electron chi connectivity index (χ1n) is 12.3. The lowest BCUT2D eigenvalue weighted by Gasteiger charge is -2.03. The van der Waals surface area contributed by atoms with Gasteiger partial charge in [-0.25, -0.2) is 0 Å². The maximum Gasteiger partial charge on any atom is 0.144 e. The van der Waals surface area contributed by atoms with Gasteiger partial charge in [-0.3, -0.25) is 4.98 Å². The van der Waals surface area contributed by atoms with Crippen LogP contribution in [0.3, 0.4) is 0 Å². The molecule has 7 rings (SSSR count). The molecule has 0 bridgehead atoms. The van der Waals surface area contributed by atoms with Crippen molar-refractivity contribution in [3.63, 3.8) is 0 Å². The summed E-state index contributed by atoms with van der Waals surface area (Å²) in [4.78, 5) is 4.44. The first-order chi connectivity index (χ1) is 17.5. The fourth-order valence-corrected chi connectivity index (χ4v) is 4.70. The van der Waals surface area contributed by atoms with E-state index in [1.807, 2.05) is 42.5 Å². The quantitative estimate of drug-likeness (QED) is 0.277. The summed E-state index contributed by atoms with van der Waals surface area (Å²) in [5.74, 6) is 0. The highest BCUT2D eigenvalue weighted by molar-refractivity contribution is 6.13. The van der Waals surface area contributed by atoms with Crippen molar-refractivity contribution in [2.75, 3.05) is 0 Å². The Morgan fingerprint density at radius 3 is 2.21 bits per heavy atom. The highest BCUT2D eigenvalue weighted by atomic mass is 16.3. The minimum absolute atomic E-state index is 0.214. The Morgan fingerprint density at radius 2 is 1.39 bits per heavy atom. The topological polar surface area (TPSA) is 39.2 Å². The van der Waals surface area contributed by atoms with E-state index in [0.717, 1.165) is 60.6 Å². The summed E-state index contributed by atoms with van der Waals surface area (Å²) in [5, 5.41) is 4.17. The van der Waals surface area contributed by atoms with Crippen molar-refractivity contribution in [2.45, 2.75) is 6.85 Å². The molecule has 7 aromatic rings. The lowest BCUT2D eigenvalue weighted by molar-refractivity contribution is 0.668. The van der Waals surface area contributed by atoms with Gasteiger partial charge in [0.25, 0.3) is 0 Å². The molecular formula is C30H19NO2. The van der Waals surface area contributed by atoms with Crippen LogP contribution in [0, 0.1) is 6.85 Å². The van der Waals surface area contributed by atoms with E-state index in [2.05, 4.69) is 41.4 Å². The lowest BCUT2D eigenvalue weighted by Crippen LogP contribution is -1.84. The van der Waals surface area contributed by atoms with Gasteiger partial charge in [-0.1, -0.05) is 60.7 Å². The largest absolute Gasteiger partial charge is 0.456 e. The van der Waals surface area contributed by atoms with Crippen LogP contribution >= 0.6 is 0 Å². The summed E-state index contributed by atoms with van der Waals surface area (Å²) in [6.45, 7) is -2.19. The number of pyridine rings is 1. The molecule has 3 heterocycles. The van der Waals surface area contributed by atoms with Gasteiger partial charge in [-0.05, 0) is 48.3 Å². The molecule has 0 aliphatic rings. The number of benzene rings is 4. The zero-order chi connectivity index (χ0) is 24.4. The number of hydrogen-bond donors (Lipinski definition) is 0. The molecule has 3 aromatic heterocycles. The molecule has 0 atom stereocenters. The fraction of sp³-hybridized carbons (Fsp3) is 0.0333. The molecule has 0 amide bonds. The molecule has 33 heavy (non-hydrogen) atoms. The summed E-state index contributed by atoms with van der Waals surface area (Å²) >= 11 is 0. The molecule has 0 spiro atoms. The molecule has 0 aliphatic heterocycles. The predicted molar refractivity (Wildman–Crippen MR) is 134 cm³/mol. The molecule has 4 aromatic carbocycles. The number of furan rings is 2. The van der Waals surface area contributed by atoms with Crippen LogP contribution in [0.2, 0.25) is 0 Å². The van der Waals surface area contributed by atoms with Gasteiger partial charge in [-0.15, -0.1) is 0 Å². The highest BCUT2D eigenvalue weighted by Gasteiger charge is 2.17. The smallest absolute Gasteiger partial charge is 0.144 e. The van der Waals surface area contributed by atoms with E-state index in [1.165, 1.54) is 6.20 Å². The number of rotatable bonds is 2. The first kappa shape index (κ1) is 15.4. The SMILES string of the molecule is [2H]C([2H])([2H])c1ccc(-c2cccc3c2oc2c(-c4ccc5c(c4)oc4ccccc45)cccc23)nc1. The standard InChI is InChI=1S/C30H19NO2/c1-18-12-15-26(31-17-18)25-10-5-9-24-23-8-4-7-20(29(23)33-30(24)25)19-13-14-22-21-6-2-3-11-27(21)32-28(22)16-19/h2-17H,1H3/i1D3. The van der Waals surface area contributed by atoms with Crippen LogP contribution in [0.4, 0.5) is 0 Å². The molecule has 0 aliphatic carbocycles. The summed E-state index contributed by atoms with van der Waals surface area (Å²) in [7, 11) is 0. The van der Waals surface area contributed by atoms with Gasteiger partial charge in [0.05, 0.1) is 5.69 Å². The normalized spacial score (nSPS) is 13.5. The van der Waals surface area contributed by atoms with Crippen LogP contribution in [-0.4, -0.2) is 4.98 Å². The second-order valence-corrected chi connectivity index (χ2v) is 8.21. The fourth-order valence-electron chi connectivity index (χ4n) is 4.70. The van der Waals surface area contributed by atoms with Gasteiger partial charge in [0.15, 0.2) is 0 Å². The lowest BCUT2D eigenvalue weighted by atomic mass is 10.0. The second-order valence-electron chi connectivity index (χ2n) is 8.21. The van der Waals surface area contributed by atoms with Crippen molar-refractivity contribution in [1.82, 2.24) is 4.98 Å². The van der Waals surface area contributed by atoms with E-state index in [0.29, 0.717) is 5.69 Å². The molecule has 0 saturated heterocycles. The third-order valence-electron chi connectivity index (χ3n) is 6.25. The van der Waals surface area contributed by atoms with Gasteiger partial charge in [0.1, 0.15) is 22.3 Å². The van der Waals surface area contributed by atoms with Gasteiger partial charge < -0.3 is 8.83 Å². The van der Waals surface area contributed by atoms with E-state index in [1.54, 1.807) is 12.1 Å². The van der Waals surface area contributed by atoms with Crippen molar-refractivity contribution in [3.05, 3.63) is 103 Å². The Hall–Kier alpha value is -4.37. The van der Waals surface area contributed by atoms with Crippen LogP contribution in [0.15, 0.2) is 106 Å². The maximum atomic E-state index is 7.61. The van der Waals surface area contributed by atoms with Crippen molar-refractivity contribution < 1.29 is 12.9 Å². The Labute approximate surface area is 194 Å². The first-order valence-corrected chi connectivity index (χ1v) is 10.8. The van der Waals surface area contributed by atoms with E-state index in [4.69, 9.17) is 12.9 Å². The zero-order valence-corrected chi connectivity index (χ0v) is 17.5. The summed E-state index contributed by atoms with van der Waals surface area (Å²) in [6.07, 6.45) is 1.41. The van der Waals surface area contributed by atoms with Crippen molar-refractivity contribution in [2.24, 2.45) is 0 Å². The molecule has 0 unspecified atom stereocenters. The van der Waals surface area contributed by atoms with E-state index in [9.17, 15) is 0 Å². The molecular weight excluding hydrogens is 406 g/mol. The molecule has 3 nitrogen and oxygen atoms in total. The van der Waals surface area contributed by atoms with Crippen molar-refractivity contribution >= 4 is 43.9 Å². The Bertz CT molecular complexity index is 1930. The third-order valence-corrected chi connectivity index (χ3v) is 6.25. The summed E-state index contributed by atoms with van der Waals surface area (Å²) in [5.41, 5.74) is 6.89. The Morgan fingerprint density at radius 1 is 0.636 bits per heavy atom. The van der Waals surface area contributed by atoms with Crippen molar-refractivity contribution in [1.29, 1.82) is 0 Å². The Kier molecular flexibility index (Phi) is 3.19. The van der Waals surface area contributed by atoms with Gasteiger partial charge in [0, 0.05) is 43.0 Å².